The Morgan fingerprint density at radius 1 is 0.706 bits per heavy atom. The Morgan fingerprint density at radius 3 is 1.53 bits per heavy atom. The van der Waals surface area contributed by atoms with Crippen LogP contribution in [0.4, 0.5) is 0 Å². The van der Waals surface area contributed by atoms with E-state index in [-0.39, 0.29) is 0 Å². The van der Waals surface area contributed by atoms with Gasteiger partial charge in [0.25, 0.3) is 0 Å². The molecule has 0 radical (unpaired) electrons. The molecule has 3 nitrogen and oxygen atoms in total. The van der Waals surface area contributed by atoms with Crippen molar-refractivity contribution in [1.82, 2.24) is 0 Å². The van der Waals surface area contributed by atoms with Gasteiger partial charge in [0.1, 0.15) is 0 Å². The molecule has 0 fully saturated rings. The fourth-order valence-electron chi connectivity index (χ4n) is 1.94. The van der Waals surface area contributed by atoms with Crippen LogP contribution in [0.2, 0.25) is 0 Å². The molecular formula is C14H30O3. The molecule has 0 bridgehead atoms. The molecule has 0 aliphatic rings. The van der Waals surface area contributed by atoms with E-state index in [1.165, 1.54) is 32.1 Å². The largest absolute Gasteiger partial charge is 0.396 e. The van der Waals surface area contributed by atoms with Crippen LogP contribution in [0, 0.1) is 0 Å². The zero-order valence-electron chi connectivity index (χ0n) is 11.3. The van der Waals surface area contributed by atoms with E-state index in [1.54, 1.807) is 6.92 Å². The Labute approximate surface area is 106 Å². The maximum absolute atomic E-state index is 9.38. The molecule has 3 N–H and O–H groups in total. The second-order valence-electron chi connectivity index (χ2n) is 5.00. The summed E-state index contributed by atoms with van der Waals surface area (Å²) in [5.41, 5.74) is 0. The molecule has 3 heteroatoms. The van der Waals surface area contributed by atoms with Gasteiger partial charge < -0.3 is 15.3 Å². The predicted octanol–water partition coefficient (Wildman–Crippen LogP) is 2.62. The highest BCUT2D eigenvalue weighted by Gasteiger charge is 2.09. The summed E-state index contributed by atoms with van der Waals surface area (Å²) in [6, 6.07) is 0. The van der Waals surface area contributed by atoms with Crippen LogP contribution in [-0.2, 0) is 0 Å². The topological polar surface area (TPSA) is 60.7 Å². The van der Waals surface area contributed by atoms with Gasteiger partial charge in [0, 0.05) is 6.61 Å². The molecule has 0 aliphatic heterocycles. The fourth-order valence-corrected chi connectivity index (χ4v) is 1.94. The summed E-state index contributed by atoms with van der Waals surface area (Å²) < 4.78 is 0. The van der Waals surface area contributed by atoms with Gasteiger partial charge in [0.05, 0.1) is 12.2 Å². The van der Waals surface area contributed by atoms with Crippen molar-refractivity contribution in [2.24, 2.45) is 0 Å². The van der Waals surface area contributed by atoms with Crippen molar-refractivity contribution in [3.05, 3.63) is 0 Å². The van der Waals surface area contributed by atoms with E-state index in [2.05, 4.69) is 0 Å². The summed E-state index contributed by atoms with van der Waals surface area (Å²) in [6.07, 6.45) is 10.1. The van der Waals surface area contributed by atoms with E-state index in [1.807, 2.05) is 0 Å². The van der Waals surface area contributed by atoms with Gasteiger partial charge in [0.15, 0.2) is 0 Å². The van der Waals surface area contributed by atoms with Gasteiger partial charge in [-0.15, -0.1) is 0 Å². The molecule has 0 heterocycles. The highest BCUT2D eigenvalue weighted by Crippen LogP contribution is 2.12. The summed E-state index contributed by atoms with van der Waals surface area (Å²) in [5, 5.41) is 27.1. The van der Waals surface area contributed by atoms with Gasteiger partial charge in [-0.05, 0) is 19.8 Å². The van der Waals surface area contributed by atoms with Crippen molar-refractivity contribution < 1.29 is 15.3 Å². The number of unbranched alkanes of at least 4 members (excludes halogenated alkanes) is 8. The molecule has 104 valence electrons. The third kappa shape index (κ3) is 12.1. The average Bonchev–Trinajstić information content (AvgIpc) is 2.31. The molecule has 0 amide bonds. The first-order valence-electron chi connectivity index (χ1n) is 7.15. The minimum atomic E-state index is -0.596. The molecule has 2 unspecified atom stereocenters. The lowest BCUT2D eigenvalue weighted by molar-refractivity contribution is 0.0247. The first kappa shape index (κ1) is 16.9. The van der Waals surface area contributed by atoms with E-state index in [0.717, 1.165) is 25.7 Å². The molecule has 0 saturated heterocycles. The molecule has 0 aliphatic carbocycles. The minimum absolute atomic E-state index is 0.325. The van der Waals surface area contributed by atoms with Crippen LogP contribution in [0.3, 0.4) is 0 Å². The lowest BCUT2D eigenvalue weighted by atomic mass is 10.0. The molecular weight excluding hydrogens is 216 g/mol. The molecule has 0 spiro atoms. The summed E-state index contributed by atoms with van der Waals surface area (Å²) in [4.78, 5) is 0. The second-order valence-corrected chi connectivity index (χ2v) is 5.00. The maximum atomic E-state index is 9.38. The quantitative estimate of drug-likeness (QED) is 0.464. The van der Waals surface area contributed by atoms with Crippen molar-refractivity contribution >= 4 is 0 Å². The smallest absolute Gasteiger partial charge is 0.0796 e. The molecule has 0 saturated carbocycles. The summed E-state index contributed by atoms with van der Waals surface area (Å²) in [6.45, 7) is 1.96. The Kier molecular flexibility index (Phi) is 12.3. The van der Waals surface area contributed by atoms with Gasteiger partial charge in [0.2, 0.25) is 0 Å². The molecule has 0 aromatic heterocycles. The van der Waals surface area contributed by atoms with E-state index in [0.29, 0.717) is 13.0 Å². The molecule has 0 rings (SSSR count). The van der Waals surface area contributed by atoms with Crippen molar-refractivity contribution in [1.29, 1.82) is 0 Å². The first-order chi connectivity index (χ1) is 8.18. The summed E-state index contributed by atoms with van der Waals surface area (Å²) in [5.74, 6) is 0. The number of aliphatic hydroxyl groups is 3. The summed E-state index contributed by atoms with van der Waals surface area (Å²) in [7, 11) is 0. The van der Waals surface area contributed by atoms with Crippen LogP contribution in [0.1, 0.15) is 71.1 Å². The van der Waals surface area contributed by atoms with Crippen LogP contribution in [-0.4, -0.2) is 34.1 Å². The first-order valence-corrected chi connectivity index (χ1v) is 7.15. The normalized spacial score (nSPS) is 14.8. The van der Waals surface area contributed by atoms with Crippen molar-refractivity contribution in [2.45, 2.75) is 83.3 Å². The van der Waals surface area contributed by atoms with Crippen LogP contribution >= 0.6 is 0 Å². The number of aliphatic hydroxyl groups excluding tert-OH is 3. The Hall–Kier alpha value is -0.120. The molecule has 2 atom stereocenters. The van der Waals surface area contributed by atoms with Gasteiger partial charge >= 0.3 is 0 Å². The number of hydrogen-bond acceptors (Lipinski definition) is 3. The van der Waals surface area contributed by atoms with Gasteiger partial charge in [-0.2, -0.15) is 0 Å². The zero-order chi connectivity index (χ0) is 12.9. The Morgan fingerprint density at radius 2 is 1.12 bits per heavy atom. The van der Waals surface area contributed by atoms with E-state index in [9.17, 15) is 5.11 Å². The second kappa shape index (κ2) is 12.3. The molecule has 0 aromatic rings. The number of hydrogen-bond donors (Lipinski definition) is 3. The molecule has 17 heavy (non-hydrogen) atoms. The van der Waals surface area contributed by atoms with Gasteiger partial charge in [-0.25, -0.2) is 0 Å². The average molecular weight is 246 g/mol. The monoisotopic (exact) mass is 246 g/mol. The zero-order valence-corrected chi connectivity index (χ0v) is 11.3. The third-order valence-corrected chi connectivity index (χ3v) is 3.21. The van der Waals surface area contributed by atoms with Crippen molar-refractivity contribution in [3.8, 4) is 0 Å². The van der Waals surface area contributed by atoms with Crippen LogP contribution in [0.25, 0.3) is 0 Å². The lowest BCUT2D eigenvalue weighted by Gasteiger charge is -2.12. The standard InChI is InChI=1S/C14H30O3/c1-13(16)14(17)11-9-7-5-3-2-4-6-8-10-12-15/h13-17H,2-12H2,1H3. The van der Waals surface area contributed by atoms with Crippen molar-refractivity contribution in [3.63, 3.8) is 0 Å². The fraction of sp³-hybridized carbons (Fsp3) is 1.00. The van der Waals surface area contributed by atoms with Crippen LogP contribution in [0.15, 0.2) is 0 Å². The SMILES string of the molecule is CC(O)C(O)CCCCCCCCCCCO. The van der Waals surface area contributed by atoms with Crippen LogP contribution < -0.4 is 0 Å². The highest BCUT2D eigenvalue weighted by molar-refractivity contribution is 4.61. The predicted molar refractivity (Wildman–Crippen MR) is 70.9 cm³/mol. The molecule has 0 aromatic carbocycles. The Bertz CT molecular complexity index is 148. The third-order valence-electron chi connectivity index (χ3n) is 3.21. The maximum Gasteiger partial charge on any atom is 0.0796 e. The lowest BCUT2D eigenvalue weighted by Crippen LogP contribution is -2.21. The minimum Gasteiger partial charge on any atom is -0.396 e. The Balaban J connectivity index is 3.03. The highest BCUT2D eigenvalue weighted by atomic mass is 16.3. The van der Waals surface area contributed by atoms with E-state index >= 15 is 0 Å². The van der Waals surface area contributed by atoms with E-state index < -0.39 is 12.2 Å². The summed E-state index contributed by atoms with van der Waals surface area (Å²) >= 11 is 0. The number of rotatable bonds is 12. The van der Waals surface area contributed by atoms with Crippen LogP contribution in [0.5, 0.6) is 0 Å². The van der Waals surface area contributed by atoms with Crippen molar-refractivity contribution in [2.75, 3.05) is 6.61 Å². The van der Waals surface area contributed by atoms with E-state index in [4.69, 9.17) is 10.2 Å². The van der Waals surface area contributed by atoms with Gasteiger partial charge in [-0.3, -0.25) is 0 Å². The van der Waals surface area contributed by atoms with Gasteiger partial charge in [-0.1, -0.05) is 51.4 Å².